The number of likely N-dealkylation sites (N-methyl/N-ethyl adjacent to an activating group) is 1. The monoisotopic (exact) mass is 265 g/mol. The van der Waals surface area contributed by atoms with Gasteiger partial charge in [-0.3, -0.25) is 0 Å². The Morgan fingerprint density at radius 3 is 2.72 bits per heavy atom. The van der Waals surface area contributed by atoms with E-state index >= 15 is 0 Å². The second-order valence-electron chi connectivity index (χ2n) is 5.61. The first-order chi connectivity index (χ1) is 8.77. The van der Waals surface area contributed by atoms with Gasteiger partial charge in [0, 0.05) is 16.3 Å². The van der Waals surface area contributed by atoms with E-state index in [1.165, 1.54) is 44.9 Å². The van der Waals surface area contributed by atoms with E-state index in [0.717, 1.165) is 6.54 Å². The smallest absolute Gasteiger partial charge is 0.00861 e. The second kappa shape index (κ2) is 6.72. The molecule has 1 aromatic heterocycles. The molecular formula is C16H27NS. The minimum atomic E-state index is 0.676. The van der Waals surface area contributed by atoms with Crippen LogP contribution in [0.4, 0.5) is 0 Å². The molecule has 0 saturated carbocycles. The molecule has 1 N–H and O–H groups in total. The highest BCUT2D eigenvalue weighted by atomic mass is 32.1. The summed E-state index contributed by atoms with van der Waals surface area (Å²) < 4.78 is 0. The summed E-state index contributed by atoms with van der Waals surface area (Å²) in [5.74, 6) is 0.676. The Morgan fingerprint density at radius 1 is 1.22 bits per heavy atom. The summed E-state index contributed by atoms with van der Waals surface area (Å²) in [5.41, 5.74) is 3.46. The van der Waals surface area contributed by atoms with E-state index in [1.807, 2.05) is 0 Å². The summed E-state index contributed by atoms with van der Waals surface area (Å²) in [5, 5.41) is 3.35. The molecule has 0 bridgehead atoms. The highest BCUT2D eigenvalue weighted by molar-refractivity contribution is 7.12. The van der Waals surface area contributed by atoms with Gasteiger partial charge in [-0.1, -0.05) is 26.7 Å². The number of hydrogen-bond donors (Lipinski definition) is 1. The van der Waals surface area contributed by atoms with E-state index in [2.05, 4.69) is 37.5 Å². The molecule has 1 atom stereocenters. The molecule has 102 valence electrons. The Morgan fingerprint density at radius 2 is 2.00 bits per heavy atom. The molecule has 1 heterocycles. The molecule has 1 aliphatic carbocycles. The van der Waals surface area contributed by atoms with Crippen LogP contribution in [0.5, 0.6) is 0 Å². The van der Waals surface area contributed by atoms with E-state index in [4.69, 9.17) is 0 Å². The Labute approximate surface area is 116 Å². The van der Waals surface area contributed by atoms with Gasteiger partial charge in [-0.2, -0.15) is 0 Å². The topological polar surface area (TPSA) is 12.0 Å². The van der Waals surface area contributed by atoms with Gasteiger partial charge in [-0.25, -0.2) is 0 Å². The molecule has 0 spiro atoms. The number of thiophene rings is 1. The molecular weight excluding hydrogens is 238 g/mol. The van der Waals surface area contributed by atoms with Crippen molar-refractivity contribution in [2.45, 2.75) is 64.7 Å². The zero-order valence-corrected chi connectivity index (χ0v) is 13.0. The fourth-order valence-corrected chi connectivity index (χ4v) is 4.84. The number of fused-ring (bicyclic) bond motifs is 1. The molecule has 1 aromatic rings. The van der Waals surface area contributed by atoms with Crippen LogP contribution >= 0.6 is 11.3 Å². The minimum absolute atomic E-state index is 0.676. The van der Waals surface area contributed by atoms with E-state index in [9.17, 15) is 0 Å². The molecule has 1 unspecified atom stereocenters. The lowest BCUT2D eigenvalue weighted by Gasteiger charge is -2.15. The molecule has 1 aliphatic rings. The molecule has 18 heavy (non-hydrogen) atoms. The van der Waals surface area contributed by atoms with E-state index < -0.39 is 0 Å². The Bertz CT molecular complexity index is 381. The SMILES string of the molecule is CCCc1sc2c(c1C(C)CNC)CCCCC2. The first-order valence-electron chi connectivity index (χ1n) is 7.55. The molecule has 0 aromatic carbocycles. The lowest BCUT2D eigenvalue weighted by Crippen LogP contribution is -2.16. The van der Waals surface area contributed by atoms with Gasteiger partial charge in [0.05, 0.1) is 0 Å². The van der Waals surface area contributed by atoms with Crippen molar-refractivity contribution in [3.05, 3.63) is 20.9 Å². The molecule has 1 nitrogen and oxygen atoms in total. The summed E-state index contributed by atoms with van der Waals surface area (Å²) in [6.45, 7) is 5.81. The van der Waals surface area contributed by atoms with Gasteiger partial charge < -0.3 is 5.32 Å². The van der Waals surface area contributed by atoms with E-state index in [-0.39, 0.29) is 0 Å². The summed E-state index contributed by atoms with van der Waals surface area (Å²) in [6, 6.07) is 0. The Kier molecular flexibility index (Phi) is 5.25. The average Bonchev–Trinajstić information content (AvgIpc) is 2.53. The van der Waals surface area contributed by atoms with Crippen LogP contribution in [-0.4, -0.2) is 13.6 Å². The van der Waals surface area contributed by atoms with Crippen molar-refractivity contribution in [2.24, 2.45) is 0 Å². The summed E-state index contributed by atoms with van der Waals surface area (Å²) in [6.07, 6.45) is 9.44. The van der Waals surface area contributed by atoms with Crippen molar-refractivity contribution >= 4 is 11.3 Å². The van der Waals surface area contributed by atoms with Crippen LogP contribution in [0.15, 0.2) is 0 Å². The first kappa shape index (κ1) is 14.1. The summed E-state index contributed by atoms with van der Waals surface area (Å²) in [4.78, 5) is 3.40. The number of nitrogens with one attached hydrogen (secondary N) is 1. The van der Waals surface area contributed by atoms with Gasteiger partial charge in [0.1, 0.15) is 0 Å². The summed E-state index contributed by atoms with van der Waals surface area (Å²) in [7, 11) is 2.07. The molecule has 2 rings (SSSR count). The highest BCUT2D eigenvalue weighted by Gasteiger charge is 2.22. The van der Waals surface area contributed by atoms with Gasteiger partial charge in [0.2, 0.25) is 0 Å². The quantitative estimate of drug-likeness (QED) is 0.783. The van der Waals surface area contributed by atoms with Gasteiger partial charge in [-0.05, 0) is 56.2 Å². The lowest BCUT2D eigenvalue weighted by molar-refractivity contribution is 0.660. The molecule has 0 radical (unpaired) electrons. The third-order valence-corrected chi connectivity index (χ3v) is 5.39. The van der Waals surface area contributed by atoms with Crippen LogP contribution in [-0.2, 0) is 19.3 Å². The predicted octanol–water partition coefficient (Wildman–Crippen LogP) is 4.29. The Balaban J connectivity index is 2.35. The maximum atomic E-state index is 3.35. The van der Waals surface area contributed by atoms with Crippen LogP contribution in [0, 0.1) is 0 Å². The number of rotatable bonds is 5. The average molecular weight is 265 g/mol. The summed E-state index contributed by atoms with van der Waals surface area (Å²) >= 11 is 2.13. The third-order valence-electron chi connectivity index (χ3n) is 4.02. The zero-order chi connectivity index (χ0) is 13.0. The lowest BCUT2D eigenvalue weighted by atomic mass is 9.92. The number of hydrogen-bond acceptors (Lipinski definition) is 2. The molecule has 0 fully saturated rings. The van der Waals surface area contributed by atoms with Gasteiger partial charge in [-0.15, -0.1) is 11.3 Å². The Hall–Kier alpha value is -0.340. The normalized spacial score (nSPS) is 17.3. The molecule has 2 heteroatoms. The fraction of sp³-hybridized carbons (Fsp3) is 0.750. The van der Waals surface area contributed by atoms with Gasteiger partial charge >= 0.3 is 0 Å². The number of aryl methyl sites for hydroxylation is 2. The van der Waals surface area contributed by atoms with Crippen LogP contribution in [0.25, 0.3) is 0 Å². The van der Waals surface area contributed by atoms with Crippen LogP contribution in [0.2, 0.25) is 0 Å². The van der Waals surface area contributed by atoms with Crippen molar-refractivity contribution in [3.63, 3.8) is 0 Å². The van der Waals surface area contributed by atoms with Crippen LogP contribution in [0.3, 0.4) is 0 Å². The van der Waals surface area contributed by atoms with Crippen molar-refractivity contribution in [1.82, 2.24) is 5.32 Å². The molecule has 0 amide bonds. The van der Waals surface area contributed by atoms with Gasteiger partial charge in [0.25, 0.3) is 0 Å². The van der Waals surface area contributed by atoms with Crippen LogP contribution < -0.4 is 5.32 Å². The largest absolute Gasteiger partial charge is 0.319 e. The first-order valence-corrected chi connectivity index (χ1v) is 8.37. The molecule has 0 saturated heterocycles. The standard InChI is InChI=1S/C16H27NS/c1-4-8-15-16(12(2)11-17-3)13-9-6-5-7-10-14(13)18-15/h12,17H,4-11H2,1-3H3. The van der Waals surface area contributed by atoms with E-state index in [1.54, 1.807) is 20.9 Å². The maximum Gasteiger partial charge on any atom is 0.00861 e. The van der Waals surface area contributed by atoms with Crippen molar-refractivity contribution in [1.29, 1.82) is 0 Å². The highest BCUT2D eigenvalue weighted by Crippen LogP contribution is 2.38. The second-order valence-corrected chi connectivity index (χ2v) is 6.80. The van der Waals surface area contributed by atoms with Crippen molar-refractivity contribution in [3.8, 4) is 0 Å². The fourth-order valence-electron chi connectivity index (χ4n) is 3.22. The van der Waals surface area contributed by atoms with Crippen molar-refractivity contribution < 1.29 is 0 Å². The minimum Gasteiger partial charge on any atom is -0.319 e. The zero-order valence-electron chi connectivity index (χ0n) is 12.1. The maximum absolute atomic E-state index is 3.35. The molecule has 0 aliphatic heterocycles. The van der Waals surface area contributed by atoms with Crippen molar-refractivity contribution in [2.75, 3.05) is 13.6 Å². The third kappa shape index (κ3) is 2.97. The van der Waals surface area contributed by atoms with Gasteiger partial charge in [0.15, 0.2) is 0 Å². The van der Waals surface area contributed by atoms with E-state index in [0.29, 0.717) is 5.92 Å². The predicted molar refractivity (Wildman–Crippen MR) is 81.9 cm³/mol. The van der Waals surface area contributed by atoms with Crippen LogP contribution in [0.1, 0.15) is 66.3 Å².